The molecule has 1 aromatic rings. The summed E-state index contributed by atoms with van der Waals surface area (Å²) in [6, 6.07) is 6.75. The zero-order valence-corrected chi connectivity index (χ0v) is 15.5. The third kappa shape index (κ3) is 5.05. The molecule has 24 heavy (non-hydrogen) atoms. The highest BCUT2D eigenvalue weighted by molar-refractivity contribution is 8.00. The highest BCUT2D eigenvalue weighted by Gasteiger charge is 2.42. The van der Waals surface area contributed by atoms with Crippen LogP contribution in [-0.4, -0.2) is 47.5 Å². The summed E-state index contributed by atoms with van der Waals surface area (Å²) in [5.74, 6) is -0.458. The second-order valence-electron chi connectivity index (χ2n) is 6.25. The van der Waals surface area contributed by atoms with Crippen molar-refractivity contribution >= 4 is 35.4 Å². The molecule has 2 rings (SSSR count). The molecule has 0 radical (unpaired) electrons. The van der Waals surface area contributed by atoms with Crippen molar-refractivity contribution in [2.45, 2.75) is 49.0 Å². The van der Waals surface area contributed by atoms with Gasteiger partial charge >= 0.3 is 12.1 Å². The molecule has 0 bridgehead atoms. The first-order valence-electron chi connectivity index (χ1n) is 8.25. The summed E-state index contributed by atoms with van der Waals surface area (Å²) in [5.41, 5.74) is -0.904. The minimum absolute atomic E-state index is 0.0388. The van der Waals surface area contributed by atoms with Gasteiger partial charge in [-0.2, -0.15) is 0 Å². The van der Waals surface area contributed by atoms with E-state index in [1.54, 1.807) is 37.7 Å². The molecular formula is C17H22ClNO4S. The summed E-state index contributed by atoms with van der Waals surface area (Å²) in [6.45, 7) is 3.65. The van der Waals surface area contributed by atoms with Gasteiger partial charge in [0.15, 0.2) is 0 Å². The van der Waals surface area contributed by atoms with Crippen LogP contribution < -0.4 is 0 Å². The summed E-state index contributed by atoms with van der Waals surface area (Å²) in [6.07, 6.45) is -0.108. The number of esters is 1. The number of hydrogen-bond donors (Lipinski definition) is 0. The van der Waals surface area contributed by atoms with Crippen LogP contribution in [0.5, 0.6) is 0 Å². The predicted molar refractivity (Wildman–Crippen MR) is 94.5 cm³/mol. The lowest BCUT2D eigenvalue weighted by Crippen LogP contribution is -2.43. The average molecular weight is 373 g/mol. The monoisotopic (exact) mass is 372 g/mol. The Morgan fingerprint density at radius 3 is 2.62 bits per heavy atom. The maximum Gasteiger partial charge on any atom is 0.411 e. The molecule has 5 nitrogen and oxygen atoms in total. The van der Waals surface area contributed by atoms with Crippen molar-refractivity contribution in [2.24, 2.45) is 0 Å². The molecule has 0 spiro atoms. The van der Waals surface area contributed by atoms with Gasteiger partial charge in [-0.15, -0.1) is 11.8 Å². The van der Waals surface area contributed by atoms with Gasteiger partial charge in [-0.1, -0.05) is 11.6 Å². The number of ether oxygens (including phenoxy) is 2. The maximum absolute atomic E-state index is 12.5. The molecule has 1 fully saturated rings. The van der Waals surface area contributed by atoms with Gasteiger partial charge in [0.1, 0.15) is 11.6 Å². The number of carbonyl (C=O) groups excluding carboxylic acids is 2. The van der Waals surface area contributed by atoms with Gasteiger partial charge in [0, 0.05) is 23.1 Å². The summed E-state index contributed by atoms with van der Waals surface area (Å²) in [4.78, 5) is 27.0. The van der Waals surface area contributed by atoms with E-state index in [2.05, 4.69) is 0 Å². The first kappa shape index (κ1) is 17.4. The lowest BCUT2D eigenvalue weighted by molar-refractivity contribution is -0.145. The van der Waals surface area contributed by atoms with E-state index in [0.29, 0.717) is 18.0 Å². The van der Waals surface area contributed by atoms with E-state index in [9.17, 15) is 9.59 Å². The number of methoxy groups -OCH3 is 1. The Kier molecular flexibility index (Phi) is 5.56. The van der Waals surface area contributed by atoms with Gasteiger partial charge in [-0.25, -0.2) is 9.59 Å². The van der Waals surface area contributed by atoms with Crippen LogP contribution in [0.1, 0.15) is 28.5 Å². The van der Waals surface area contributed by atoms with Gasteiger partial charge in [-0.3, -0.25) is 4.90 Å². The number of rotatable bonds is 3. The smallest absolute Gasteiger partial charge is 0.411 e. The molecule has 132 valence electrons. The third-order valence-corrected chi connectivity index (χ3v) is 4.92. The third-order valence-electron chi connectivity index (χ3n) is 3.45. The van der Waals surface area contributed by atoms with Gasteiger partial charge in [0.05, 0.1) is 7.11 Å². The van der Waals surface area contributed by atoms with Crippen molar-refractivity contribution in [1.29, 1.82) is 0 Å². The molecule has 1 aliphatic heterocycles. The highest BCUT2D eigenvalue weighted by Crippen LogP contribution is 2.34. The predicted octanol–water partition coefficient (Wildman–Crippen LogP) is 3.98. The lowest BCUT2D eigenvalue weighted by atomic mass is 10.2. The van der Waals surface area contributed by atoms with Crippen molar-refractivity contribution in [3.05, 3.63) is 29.3 Å². The maximum atomic E-state index is 12.5. The van der Waals surface area contributed by atoms with Crippen molar-refractivity contribution in [2.75, 3.05) is 13.7 Å². The summed E-state index contributed by atoms with van der Waals surface area (Å²) >= 11 is 7.48. The summed E-state index contributed by atoms with van der Waals surface area (Å²) in [7, 11) is 1.30. The van der Waals surface area contributed by atoms with Gasteiger partial charge in [-0.05, 0) is 51.4 Å². The van der Waals surface area contributed by atoms with Gasteiger partial charge in [0.25, 0.3) is 0 Å². The molecular weight excluding hydrogens is 350 g/mol. The highest BCUT2D eigenvalue weighted by atomic mass is 35.5. The van der Waals surface area contributed by atoms with E-state index >= 15 is 0 Å². The second kappa shape index (κ2) is 7.66. The minimum atomic E-state index is -0.904. The van der Waals surface area contributed by atoms with Crippen LogP contribution in [0.4, 0.5) is 4.79 Å². The van der Waals surface area contributed by atoms with E-state index in [0.717, 1.165) is 4.90 Å². The standard InChI is InChI=1S/C17H22ClNO4S/c1-17(2,3)23-16(21)19-10-13(9-14(19)15(20)22-4)24-12-7-5-11(18)6-8-12/h5-8,13-14H,9-10H2,1-4H3/t13-,14+/m1/s1/i1D. The topological polar surface area (TPSA) is 55.8 Å². The van der Waals surface area contributed by atoms with Crippen LogP contribution in [0.2, 0.25) is 5.02 Å². The molecule has 1 aromatic carbocycles. The molecule has 2 atom stereocenters. The van der Waals surface area contributed by atoms with E-state index in [1.165, 1.54) is 12.0 Å². The molecule has 1 saturated heterocycles. The molecule has 0 saturated carbocycles. The van der Waals surface area contributed by atoms with Crippen LogP contribution >= 0.6 is 23.4 Å². The Bertz CT molecular complexity index is 626. The molecule has 0 aromatic heterocycles. The van der Waals surface area contributed by atoms with E-state index in [1.807, 2.05) is 12.1 Å². The number of thioether (sulfide) groups is 1. The largest absolute Gasteiger partial charge is 0.467 e. The Morgan fingerprint density at radius 2 is 2.04 bits per heavy atom. The van der Waals surface area contributed by atoms with Crippen molar-refractivity contribution < 1.29 is 20.4 Å². The number of benzene rings is 1. The first-order valence-corrected chi connectivity index (χ1v) is 8.80. The van der Waals surface area contributed by atoms with Crippen molar-refractivity contribution in [3.63, 3.8) is 0 Å². The molecule has 7 heteroatoms. The fraction of sp³-hybridized carbons (Fsp3) is 0.529. The Hall–Kier alpha value is -1.40. The number of likely N-dealkylation sites (tertiary alicyclic amines) is 1. The molecule has 1 heterocycles. The number of nitrogens with zero attached hydrogens (tertiary/aromatic N) is 1. The molecule has 1 amide bonds. The Labute approximate surface area is 153 Å². The number of carbonyl (C=O) groups is 2. The van der Waals surface area contributed by atoms with Crippen LogP contribution in [0, 0.1) is 0 Å². The quantitative estimate of drug-likeness (QED) is 0.751. The number of halogens is 1. The number of amides is 1. The summed E-state index contributed by atoms with van der Waals surface area (Å²) < 4.78 is 17.7. The second-order valence-corrected chi connectivity index (χ2v) is 8.06. The summed E-state index contributed by atoms with van der Waals surface area (Å²) in [5, 5.41) is 0.697. The molecule has 0 aliphatic carbocycles. The lowest BCUT2D eigenvalue weighted by Gasteiger charge is -2.27. The van der Waals surface area contributed by atoms with Crippen LogP contribution in [0.15, 0.2) is 29.2 Å². The van der Waals surface area contributed by atoms with E-state index in [-0.39, 0.29) is 12.1 Å². The first-order chi connectivity index (χ1) is 11.8. The average Bonchev–Trinajstić information content (AvgIpc) is 3.00. The molecule has 0 unspecified atom stereocenters. The SMILES string of the molecule is [2H]CC(C)(C)OC(=O)N1C[C@H](Sc2ccc(Cl)cc2)C[C@H]1C(=O)OC. The zero-order chi connectivity index (χ0) is 18.6. The van der Waals surface area contributed by atoms with Crippen LogP contribution in [0.25, 0.3) is 0 Å². The van der Waals surface area contributed by atoms with E-state index < -0.39 is 23.7 Å². The zero-order valence-electron chi connectivity index (χ0n) is 15.0. The Balaban J connectivity index is 2.10. The van der Waals surface area contributed by atoms with Gasteiger partial charge < -0.3 is 9.47 Å². The van der Waals surface area contributed by atoms with Crippen LogP contribution in [0.3, 0.4) is 0 Å². The fourth-order valence-corrected chi connectivity index (χ4v) is 3.76. The van der Waals surface area contributed by atoms with Crippen molar-refractivity contribution in [1.82, 2.24) is 4.90 Å². The molecule has 1 aliphatic rings. The fourth-order valence-electron chi connectivity index (χ4n) is 2.44. The van der Waals surface area contributed by atoms with Gasteiger partial charge in [0.2, 0.25) is 0 Å². The Morgan fingerprint density at radius 1 is 1.38 bits per heavy atom. The van der Waals surface area contributed by atoms with Crippen molar-refractivity contribution in [3.8, 4) is 0 Å². The van der Waals surface area contributed by atoms with Crippen LogP contribution in [-0.2, 0) is 14.3 Å². The normalized spacial score (nSPS) is 21.3. The van der Waals surface area contributed by atoms with E-state index in [4.69, 9.17) is 22.4 Å². The minimum Gasteiger partial charge on any atom is -0.467 e. The molecule has 0 N–H and O–H groups in total. The number of hydrogen-bond acceptors (Lipinski definition) is 5.